The molecule has 0 aromatic carbocycles. The zero-order valence-corrected chi connectivity index (χ0v) is 13.2. The Morgan fingerprint density at radius 2 is 2.00 bits per heavy atom. The number of hydrogen-bond donors (Lipinski definition) is 1. The van der Waals surface area contributed by atoms with Crippen molar-refractivity contribution in [2.45, 2.75) is 25.9 Å². The fourth-order valence-corrected chi connectivity index (χ4v) is 4.39. The standard InChI is InChI=1S/C13H27N3O3S/c1-2-19-13-4-3-7-16(12-13)20(17,18)11-10-15-8-5-14-6-9-15/h13-14H,2-12H2,1H3. The largest absolute Gasteiger partial charge is 0.377 e. The zero-order valence-electron chi connectivity index (χ0n) is 12.4. The van der Waals surface area contributed by atoms with E-state index in [1.165, 1.54) is 0 Å². The van der Waals surface area contributed by atoms with Crippen LogP contribution < -0.4 is 5.32 Å². The van der Waals surface area contributed by atoms with Crippen molar-refractivity contribution in [1.29, 1.82) is 0 Å². The van der Waals surface area contributed by atoms with Crippen molar-refractivity contribution < 1.29 is 13.2 Å². The summed E-state index contributed by atoms with van der Waals surface area (Å²) < 4.78 is 32.0. The van der Waals surface area contributed by atoms with Crippen molar-refractivity contribution in [3.8, 4) is 0 Å². The van der Waals surface area contributed by atoms with Gasteiger partial charge in [-0.25, -0.2) is 8.42 Å². The van der Waals surface area contributed by atoms with E-state index in [1.54, 1.807) is 4.31 Å². The normalized spacial score (nSPS) is 26.8. The van der Waals surface area contributed by atoms with Crippen LogP contribution in [0.5, 0.6) is 0 Å². The Morgan fingerprint density at radius 1 is 1.25 bits per heavy atom. The summed E-state index contributed by atoms with van der Waals surface area (Å²) in [6.07, 6.45) is 1.94. The lowest BCUT2D eigenvalue weighted by molar-refractivity contribution is 0.0264. The van der Waals surface area contributed by atoms with E-state index in [1.807, 2.05) is 6.92 Å². The van der Waals surface area contributed by atoms with E-state index in [4.69, 9.17) is 4.74 Å². The van der Waals surface area contributed by atoms with Crippen molar-refractivity contribution in [1.82, 2.24) is 14.5 Å². The molecule has 2 rings (SSSR count). The van der Waals surface area contributed by atoms with Crippen LogP contribution in [0.15, 0.2) is 0 Å². The summed E-state index contributed by atoms with van der Waals surface area (Å²) in [7, 11) is -3.14. The van der Waals surface area contributed by atoms with Gasteiger partial charge in [-0.05, 0) is 19.8 Å². The predicted octanol–water partition coefficient (Wildman–Crippen LogP) is -0.278. The quantitative estimate of drug-likeness (QED) is 0.731. The van der Waals surface area contributed by atoms with Gasteiger partial charge in [0, 0.05) is 52.4 Å². The van der Waals surface area contributed by atoms with Crippen molar-refractivity contribution in [2.75, 3.05) is 58.2 Å². The number of ether oxygens (including phenoxy) is 1. The lowest BCUT2D eigenvalue weighted by Crippen LogP contribution is -2.48. The van der Waals surface area contributed by atoms with Crippen molar-refractivity contribution in [3.05, 3.63) is 0 Å². The van der Waals surface area contributed by atoms with Crippen LogP contribution in [0.25, 0.3) is 0 Å². The highest BCUT2D eigenvalue weighted by atomic mass is 32.2. The number of piperazine rings is 1. The maximum absolute atomic E-state index is 12.4. The number of piperidine rings is 1. The number of hydrogen-bond acceptors (Lipinski definition) is 5. The molecule has 1 atom stereocenters. The molecule has 0 aliphatic carbocycles. The molecule has 7 heteroatoms. The third-order valence-corrected chi connectivity index (χ3v) is 5.83. The Morgan fingerprint density at radius 3 is 2.70 bits per heavy atom. The fraction of sp³-hybridized carbons (Fsp3) is 1.00. The van der Waals surface area contributed by atoms with E-state index in [2.05, 4.69) is 10.2 Å². The molecule has 0 bridgehead atoms. The van der Waals surface area contributed by atoms with Gasteiger partial charge in [0.1, 0.15) is 0 Å². The van der Waals surface area contributed by atoms with Crippen LogP contribution in [0, 0.1) is 0 Å². The molecule has 2 aliphatic rings. The second kappa shape index (κ2) is 7.70. The smallest absolute Gasteiger partial charge is 0.215 e. The molecule has 1 unspecified atom stereocenters. The number of nitrogens with one attached hydrogen (secondary N) is 1. The minimum atomic E-state index is -3.14. The van der Waals surface area contributed by atoms with Crippen LogP contribution in [-0.2, 0) is 14.8 Å². The van der Waals surface area contributed by atoms with Gasteiger partial charge in [-0.1, -0.05) is 0 Å². The molecule has 0 saturated carbocycles. The third-order valence-electron chi connectivity index (χ3n) is 4.01. The first-order valence-corrected chi connectivity index (χ1v) is 9.25. The SMILES string of the molecule is CCOC1CCCN(S(=O)(=O)CCN2CCNCC2)C1. The van der Waals surface area contributed by atoms with E-state index >= 15 is 0 Å². The summed E-state index contributed by atoms with van der Waals surface area (Å²) in [5.41, 5.74) is 0. The molecular weight excluding hydrogens is 278 g/mol. The summed E-state index contributed by atoms with van der Waals surface area (Å²) in [5, 5.41) is 3.28. The molecule has 1 N–H and O–H groups in total. The van der Waals surface area contributed by atoms with Crippen molar-refractivity contribution in [3.63, 3.8) is 0 Å². The summed E-state index contributed by atoms with van der Waals surface area (Å²) in [6, 6.07) is 0. The van der Waals surface area contributed by atoms with Crippen LogP contribution in [0.3, 0.4) is 0 Å². The van der Waals surface area contributed by atoms with Crippen LogP contribution >= 0.6 is 0 Å². The van der Waals surface area contributed by atoms with E-state index < -0.39 is 10.0 Å². The molecule has 2 aliphatic heterocycles. The Hall–Kier alpha value is -0.210. The van der Waals surface area contributed by atoms with Gasteiger partial charge < -0.3 is 10.1 Å². The molecule has 0 aromatic heterocycles. The Kier molecular flexibility index (Phi) is 6.22. The Balaban J connectivity index is 1.82. The van der Waals surface area contributed by atoms with Crippen molar-refractivity contribution in [2.24, 2.45) is 0 Å². The third kappa shape index (κ3) is 4.66. The van der Waals surface area contributed by atoms with Gasteiger partial charge in [-0.15, -0.1) is 0 Å². The second-order valence-corrected chi connectivity index (χ2v) is 7.57. The van der Waals surface area contributed by atoms with Gasteiger partial charge in [0.05, 0.1) is 11.9 Å². The van der Waals surface area contributed by atoms with Crippen LogP contribution in [0.4, 0.5) is 0 Å². The summed E-state index contributed by atoms with van der Waals surface area (Å²) in [6.45, 7) is 8.21. The first-order valence-electron chi connectivity index (χ1n) is 7.64. The van der Waals surface area contributed by atoms with Gasteiger partial charge in [-0.2, -0.15) is 4.31 Å². The molecule has 2 saturated heterocycles. The monoisotopic (exact) mass is 305 g/mol. The topological polar surface area (TPSA) is 61.9 Å². The van der Waals surface area contributed by atoms with Gasteiger partial charge in [0.2, 0.25) is 10.0 Å². The highest BCUT2D eigenvalue weighted by molar-refractivity contribution is 7.89. The number of sulfonamides is 1. The van der Waals surface area contributed by atoms with Crippen LogP contribution in [-0.4, -0.2) is 81.9 Å². The summed E-state index contributed by atoms with van der Waals surface area (Å²) in [5.74, 6) is 0.228. The lowest BCUT2D eigenvalue weighted by atomic mass is 10.1. The molecule has 0 radical (unpaired) electrons. The van der Waals surface area contributed by atoms with E-state index in [0.717, 1.165) is 39.0 Å². The van der Waals surface area contributed by atoms with Gasteiger partial charge in [0.25, 0.3) is 0 Å². The maximum Gasteiger partial charge on any atom is 0.215 e. The van der Waals surface area contributed by atoms with E-state index in [-0.39, 0.29) is 11.9 Å². The minimum absolute atomic E-state index is 0.0720. The van der Waals surface area contributed by atoms with Crippen molar-refractivity contribution >= 4 is 10.0 Å². The highest BCUT2D eigenvalue weighted by Crippen LogP contribution is 2.17. The molecule has 2 fully saturated rings. The number of nitrogens with zero attached hydrogens (tertiary/aromatic N) is 2. The van der Waals surface area contributed by atoms with E-state index in [0.29, 0.717) is 26.2 Å². The van der Waals surface area contributed by atoms with Gasteiger partial charge in [0.15, 0.2) is 0 Å². The molecule has 118 valence electrons. The molecule has 2 heterocycles. The van der Waals surface area contributed by atoms with Crippen LogP contribution in [0.2, 0.25) is 0 Å². The lowest BCUT2D eigenvalue weighted by Gasteiger charge is -2.33. The second-order valence-electron chi connectivity index (χ2n) is 5.49. The molecule has 0 amide bonds. The molecular formula is C13H27N3O3S. The van der Waals surface area contributed by atoms with Gasteiger partial charge in [-0.3, -0.25) is 4.90 Å². The Labute approximate surface area is 122 Å². The summed E-state index contributed by atoms with van der Waals surface area (Å²) in [4.78, 5) is 2.22. The zero-order chi connectivity index (χ0) is 14.4. The Bertz CT molecular complexity index is 380. The molecule has 0 spiro atoms. The first kappa shape index (κ1) is 16.2. The molecule has 6 nitrogen and oxygen atoms in total. The average Bonchev–Trinajstić information content (AvgIpc) is 2.47. The average molecular weight is 305 g/mol. The maximum atomic E-state index is 12.4. The predicted molar refractivity (Wildman–Crippen MR) is 79.3 cm³/mol. The highest BCUT2D eigenvalue weighted by Gasteiger charge is 2.29. The minimum Gasteiger partial charge on any atom is -0.377 e. The molecule has 0 aromatic rings. The summed E-state index contributed by atoms with van der Waals surface area (Å²) >= 11 is 0. The first-order chi connectivity index (χ1) is 9.62. The van der Waals surface area contributed by atoms with E-state index in [9.17, 15) is 8.42 Å². The fourth-order valence-electron chi connectivity index (χ4n) is 2.84. The van der Waals surface area contributed by atoms with Crippen LogP contribution in [0.1, 0.15) is 19.8 Å². The number of rotatable bonds is 6. The van der Waals surface area contributed by atoms with Gasteiger partial charge >= 0.3 is 0 Å². The molecule has 20 heavy (non-hydrogen) atoms.